The minimum Gasteiger partial charge on any atom is -0.438 e. The van der Waals surface area contributed by atoms with Gasteiger partial charge in [-0.15, -0.1) is 0 Å². The number of benzene rings is 3. The largest absolute Gasteiger partial charge is 0.438 e. The number of aryl methyl sites for hydroxylation is 1. The number of fused-ring (bicyclic) bond motifs is 1. The van der Waals surface area contributed by atoms with Gasteiger partial charge in [0.1, 0.15) is 11.1 Å². The maximum absolute atomic E-state index is 12.9. The summed E-state index contributed by atoms with van der Waals surface area (Å²) >= 11 is 5.91. The molecule has 1 N–H and O–H groups in total. The summed E-state index contributed by atoms with van der Waals surface area (Å²) < 4.78 is 5.96. The zero-order valence-electron chi connectivity index (χ0n) is 15.1. The molecule has 0 saturated heterocycles. The van der Waals surface area contributed by atoms with E-state index in [9.17, 15) is 4.79 Å². The van der Waals surface area contributed by atoms with Gasteiger partial charge in [-0.2, -0.15) is 0 Å². The fraction of sp³-hybridized carbons (Fsp3) is 0.0435. The van der Waals surface area contributed by atoms with Crippen LogP contribution in [0.4, 0.5) is 11.4 Å². The van der Waals surface area contributed by atoms with Crippen molar-refractivity contribution in [2.75, 3.05) is 5.32 Å². The molecule has 1 amide bonds. The summed E-state index contributed by atoms with van der Waals surface area (Å²) in [6, 6.07) is 24.0. The maximum Gasteiger partial charge on any atom is 0.261 e. The van der Waals surface area contributed by atoms with Gasteiger partial charge in [-0.1, -0.05) is 47.5 Å². The molecule has 0 bridgehead atoms. The van der Waals surface area contributed by atoms with E-state index in [1.54, 1.807) is 30.3 Å². The number of rotatable bonds is 3. The maximum atomic E-state index is 12.9. The molecule has 5 heteroatoms. The van der Waals surface area contributed by atoms with Crippen molar-refractivity contribution in [1.29, 1.82) is 0 Å². The van der Waals surface area contributed by atoms with E-state index in [2.05, 4.69) is 10.3 Å². The van der Waals surface area contributed by atoms with E-state index in [1.165, 1.54) is 0 Å². The number of amides is 1. The molecule has 3 aromatic carbocycles. The van der Waals surface area contributed by atoms with Crippen molar-refractivity contribution >= 4 is 39.9 Å². The van der Waals surface area contributed by atoms with Crippen LogP contribution >= 0.6 is 11.6 Å². The molecule has 28 heavy (non-hydrogen) atoms. The van der Waals surface area contributed by atoms with Crippen LogP contribution in [0, 0.1) is 6.92 Å². The fourth-order valence-corrected chi connectivity index (χ4v) is 2.91. The van der Waals surface area contributed by atoms with E-state index in [1.807, 2.05) is 55.5 Å². The molecule has 0 radical (unpaired) electrons. The summed E-state index contributed by atoms with van der Waals surface area (Å²) in [5, 5.41) is 4.30. The van der Waals surface area contributed by atoms with Gasteiger partial charge < -0.3 is 9.73 Å². The highest BCUT2D eigenvalue weighted by Crippen LogP contribution is 2.18. The standard InChI is InChI=1S/C23H17ClN2O2/c1-15-6-10-19(11-7-15)26-23-20(14-16-4-2-3-5-21(16)28-23)22(27)25-18-12-8-17(24)9-13-18/h2-14H,1H3,(H,25,27). The number of hydrogen-bond acceptors (Lipinski definition) is 3. The first-order valence-corrected chi connectivity index (χ1v) is 9.17. The lowest BCUT2D eigenvalue weighted by Crippen LogP contribution is -2.21. The van der Waals surface area contributed by atoms with Crippen molar-refractivity contribution in [2.45, 2.75) is 6.92 Å². The highest BCUT2D eigenvalue weighted by atomic mass is 35.5. The second kappa shape index (κ2) is 7.71. The highest BCUT2D eigenvalue weighted by Gasteiger charge is 2.13. The summed E-state index contributed by atoms with van der Waals surface area (Å²) in [5.41, 5.74) is 3.77. The summed E-state index contributed by atoms with van der Waals surface area (Å²) in [7, 11) is 0. The molecular weight excluding hydrogens is 372 g/mol. The molecule has 1 aromatic heterocycles. The molecule has 0 unspecified atom stereocenters. The topological polar surface area (TPSA) is 54.6 Å². The van der Waals surface area contributed by atoms with Crippen molar-refractivity contribution in [1.82, 2.24) is 0 Å². The summed E-state index contributed by atoms with van der Waals surface area (Å²) in [6.07, 6.45) is 0. The van der Waals surface area contributed by atoms with Crippen molar-refractivity contribution in [3.05, 3.63) is 101 Å². The van der Waals surface area contributed by atoms with Crippen LogP contribution in [-0.4, -0.2) is 5.91 Å². The van der Waals surface area contributed by atoms with Crippen LogP contribution in [0.5, 0.6) is 0 Å². The fourth-order valence-electron chi connectivity index (χ4n) is 2.78. The minimum absolute atomic E-state index is 0.258. The van der Waals surface area contributed by atoms with Crippen molar-refractivity contribution in [3.8, 4) is 0 Å². The normalized spacial score (nSPS) is 11.6. The van der Waals surface area contributed by atoms with Crippen molar-refractivity contribution in [2.24, 2.45) is 4.99 Å². The van der Waals surface area contributed by atoms with Gasteiger partial charge in [0.05, 0.1) is 5.69 Å². The van der Waals surface area contributed by atoms with Crippen LogP contribution in [-0.2, 0) is 0 Å². The number of anilines is 1. The van der Waals surface area contributed by atoms with Gasteiger partial charge >= 0.3 is 0 Å². The molecule has 4 rings (SSSR count). The van der Waals surface area contributed by atoms with E-state index >= 15 is 0 Å². The molecule has 1 heterocycles. The van der Waals surface area contributed by atoms with Gasteiger partial charge in [0.15, 0.2) is 0 Å². The van der Waals surface area contributed by atoms with Gasteiger partial charge in [-0.05, 0) is 55.5 Å². The third kappa shape index (κ3) is 3.97. The summed E-state index contributed by atoms with van der Waals surface area (Å²) in [5.74, 6) is -0.303. The Labute approximate surface area is 167 Å². The highest BCUT2D eigenvalue weighted by molar-refractivity contribution is 6.30. The Morgan fingerprint density at radius 2 is 1.68 bits per heavy atom. The quantitative estimate of drug-likeness (QED) is 0.476. The number of para-hydroxylation sites is 1. The van der Waals surface area contributed by atoms with Crippen LogP contribution < -0.4 is 10.9 Å². The lowest BCUT2D eigenvalue weighted by Gasteiger charge is -2.07. The Morgan fingerprint density at radius 3 is 2.43 bits per heavy atom. The Bertz CT molecular complexity index is 1210. The Hall–Kier alpha value is -3.37. The number of carbonyl (C=O) groups excluding carboxylic acids is 1. The molecule has 0 atom stereocenters. The van der Waals surface area contributed by atoms with Gasteiger partial charge in [0.2, 0.25) is 5.55 Å². The third-order valence-electron chi connectivity index (χ3n) is 4.27. The zero-order valence-corrected chi connectivity index (χ0v) is 15.9. The van der Waals surface area contributed by atoms with Crippen LogP contribution in [0.15, 0.2) is 88.3 Å². The number of hydrogen-bond donors (Lipinski definition) is 1. The molecule has 0 aliphatic rings. The zero-order chi connectivity index (χ0) is 19.5. The first-order valence-electron chi connectivity index (χ1n) is 8.80. The van der Waals surface area contributed by atoms with E-state index < -0.39 is 0 Å². The number of halogens is 1. The molecule has 0 fully saturated rings. The molecule has 0 saturated carbocycles. The average molecular weight is 389 g/mol. The Morgan fingerprint density at radius 1 is 0.964 bits per heavy atom. The summed E-state index contributed by atoms with van der Waals surface area (Å²) in [4.78, 5) is 17.5. The lowest BCUT2D eigenvalue weighted by molar-refractivity contribution is 0.102. The lowest BCUT2D eigenvalue weighted by atomic mass is 10.1. The van der Waals surface area contributed by atoms with Crippen molar-refractivity contribution < 1.29 is 9.21 Å². The molecule has 138 valence electrons. The van der Waals surface area contributed by atoms with E-state index in [4.69, 9.17) is 16.0 Å². The molecule has 4 aromatic rings. The monoisotopic (exact) mass is 388 g/mol. The Kier molecular flexibility index (Phi) is 4.96. The second-order valence-corrected chi connectivity index (χ2v) is 6.85. The number of carbonyl (C=O) groups is 1. The third-order valence-corrected chi connectivity index (χ3v) is 4.52. The minimum atomic E-state index is -0.303. The SMILES string of the molecule is Cc1ccc(N=c2oc3ccccc3cc2C(=O)Nc2ccc(Cl)cc2)cc1. The number of nitrogens with zero attached hydrogens (tertiary/aromatic N) is 1. The van der Waals surface area contributed by atoms with Crippen molar-refractivity contribution in [3.63, 3.8) is 0 Å². The van der Waals surface area contributed by atoms with Crippen LogP contribution in [0.1, 0.15) is 15.9 Å². The first-order chi connectivity index (χ1) is 13.6. The molecule has 0 spiro atoms. The second-order valence-electron chi connectivity index (χ2n) is 6.41. The Balaban J connectivity index is 1.81. The van der Waals surface area contributed by atoms with E-state index in [0.29, 0.717) is 27.5 Å². The van der Waals surface area contributed by atoms with E-state index in [0.717, 1.165) is 10.9 Å². The molecular formula is C23H17ClN2O2. The molecule has 0 aliphatic heterocycles. The number of nitrogens with one attached hydrogen (secondary N) is 1. The average Bonchev–Trinajstić information content (AvgIpc) is 2.71. The van der Waals surface area contributed by atoms with Gasteiger partial charge in [0, 0.05) is 16.1 Å². The van der Waals surface area contributed by atoms with Crippen LogP contribution in [0.2, 0.25) is 5.02 Å². The van der Waals surface area contributed by atoms with Gasteiger partial charge in [0.25, 0.3) is 5.91 Å². The van der Waals surface area contributed by atoms with Crippen LogP contribution in [0.25, 0.3) is 11.0 Å². The van der Waals surface area contributed by atoms with Crippen LogP contribution in [0.3, 0.4) is 0 Å². The van der Waals surface area contributed by atoms with Gasteiger partial charge in [-0.3, -0.25) is 4.79 Å². The predicted octanol–water partition coefficient (Wildman–Crippen LogP) is 5.88. The predicted molar refractivity (Wildman–Crippen MR) is 112 cm³/mol. The first kappa shape index (κ1) is 18.0. The summed E-state index contributed by atoms with van der Waals surface area (Å²) in [6.45, 7) is 2.01. The smallest absolute Gasteiger partial charge is 0.261 e. The van der Waals surface area contributed by atoms with Gasteiger partial charge in [-0.25, -0.2) is 4.99 Å². The molecule has 0 aliphatic carbocycles. The molecule has 4 nitrogen and oxygen atoms in total. The van der Waals surface area contributed by atoms with E-state index in [-0.39, 0.29) is 11.5 Å².